The van der Waals surface area contributed by atoms with E-state index < -0.39 is 27.2 Å². The molecule has 6 rings (SSSR count). The van der Waals surface area contributed by atoms with Gasteiger partial charge in [-0.2, -0.15) is 0 Å². The number of halogens is 1. The third-order valence-corrected chi connectivity index (χ3v) is 8.69. The molecule has 0 spiro atoms. The zero-order valence-corrected chi connectivity index (χ0v) is 19.1. The van der Waals surface area contributed by atoms with Crippen molar-refractivity contribution < 1.29 is 27.1 Å². The maximum atomic E-state index is 14.8. The van der Waals surface area contributed by atoms with Gasteiger partial charge in [-0.15, -0.1) is 0 Å². The zero-order valence-electron chi connectivity index (χ0n) is 18.3. The minimum Gasteiger partial charge on any atom is -0.493 e. The molecule has 31 heavy (non-hydrogen) atoms. The van der Waals surface area contributed by atoms with Crippen LogP contribution >= 0.6 is 0 Å². The second kappa shape index (κ2) is 7.27. The highest BCUT2D eigenvalue weighted by Gasteiger charge is 2.58. The van der Waals surface area contributed by atoms with Gasteiger partial charge >= 0.3 is 0 Å². The minimum atomic E-state index is -3.52. The van der Waals surface area contributed by atoms with Crippen molar-refractivity contribution in [3.8, 4) is 5.75 Å². The highest BCUT2D eigenvalue weighted by atomic mass is 32.2. The van der Waals surface area contributed by atoms with E-state index in [-0.39, 0.29) is 22.5 Å². The summed E-state index contributed by atoms with van der Waals surface area (Å²) < 4.78 is 50.1. The summed E-state index contributed by atoms with van der Waals surface area (Å²) in [5.74, 6) is 0.0451. The highest BCUT2D eigenvalue weighted by Crippen LogP contribution is 2.62. The number of hydrogen-bond acceptors (Lipinski definition) is 5. The molecule has 0 N–H and O–H groups in total. The number of benzene rings is 1. The quantitative estimate of drug-likeness (QED) is 0.553. The molecule has 1 aromatic carbocycles. The van der Waals surface area contributed by atoms with Gasteiger partial charge in [-0.1, -0.05) is 0 Å². The standard InChI is InChI=1S/C24H31FO5S/c1-29-24-10-15-5-16(11-24)9-23(8-15,13-24)14-30-22-7-20(25)19(6-18(22)17-3-4-17)21(26)12-31(2,27)28/h6-7,15-17H,3-5,8-14H2,1-2H3. The molecule has 0 heterocycles. The molecule has 7 heteroatoms. The van der Waals surface area contributed by atoms with Crippen LogP contribution in [0.2, 0.25) is 0 Å². The molecule has 0 amide bonds. The molecule has 0 saturated heterocycles. The number of ketones is 1. The minimum absolute atomic E-state index is 0.0278. The fourth-order valence-corrected chi connectivity index (χ4v) is 7.57. The van der Waals surface area contributed by atoms with Crippen LogP contribution in [-0.4, -0.2) is 45.5 Å². The first-order chi connectivity index (χ1) is 14.6. The molecule has 170 valence electrons. The second-order valence-corrected chi connectivity index (χ2v) is 12.9. The first kappa shape index (κ1) is 21.4. The van der Waals surface area contributed by atoms with E-state index in [9.17, 15) is 17.6 Å². The van der Waals surface area contributed by atoms with Crippen LogP contribution in [0.3, 0.4) is 0 Å². The van der Waals surface area contributed by atoms with Crippen molar-refractivity contribution in [2.75, 3.05) is 25.7 Å². The lowest BCUT2D eigenvalue weighted by atomic mass is 9.48. The van der Waals surface area contributed by atoms with Crippen molar-refractivity contribution in [1.29, 1.82) is 0 Å². The molecular weight excluding hydrogens is 419 g/mol. The van der Waals surface area contributed by atoms with Gasteiger partial charge in [-0.05, 0) is 80.8 Å². The molecule has 1 aromatic rings. The van der Waals surface area contributed by atoms with Crippen LogP contribution < -0.4 is 4.74 Å². The van der Waals surface area contributed by atoms with Gasteiger partial charge in [0.05, 0.1) is 17.8 Å². The highest BCUT2D eigenvalue weighted by molar-refractivity contribution is 7.91. The van der Waals surface area contributed by atoms with Crippen LogP contribution in [0.5, 0.6) is 5.75 Å². The van der Waals surface area contributed by atoms with Gasteiger partial charge in [-0.3, -0.25) is 4.79 Å². The molecule has 5 nitrogen and oxygen atoms in total. The van der Waals surface area contributed by atoms with Crippen LogP contribution in [-0.2, 0) is 14.6 Å². The molecule has 4 bridgehead atoms. The number of sulfone groups is 1. The van der Waals surface area contributed by atoms with E-state index in [1.54, 1.807) is 0 Å². The number of carbonyl (C=O) groups is 1. The number of carbonyl (C=O) groups excluding carboxylic acids is 1. The summed E-state index contributed by atoms with van der Waals surface area (Å²) in [4.78, 5) is 12.4. The molecule has 2 atom stereocenters. The summed E-state index contributed by atoms with van der Waals surface area (Å²) in [5.41, 5.74) is 0.736. The van der Waals surface area contributed by atoms with Gasteiger partial charge in [0, 0.05) is 24.8 Å². The monoisotopic (exact) mass is 450 g/mol. The summed E-state index contributed by atoms with van der Waals surface area (Å²) in [7, 11) is -1.69. The molecule has 5 aliphatic carbocycles. The van der Waals surface area contributed by atoms with Crippen LogP contribution in [0.25, 0.3) is 0 Å². The Morgan fingerprint density at radius 3 is 2.42 bits per heavy atom. The van der Waals surface area contributed by atoms with Gasteiger partial charge in [0.2, 0.25) is 0 Å². The number of ether oxygens (including phenoxy) is 2. The first-order valence-corrected chi connectivity index (χ1v) is 13.4. The Hall–Kier alpha value is -1.47. The van der Waals surface area contributed by atoms with E-state index >= 15 is 0 Å². The molecule has 5 saturated carbocycles. The largest absolute Gasteiger partial charge is 0.493 e. The number of hydrogen-bond donors (Lipinski definition) is 0. The van der Waals surface area contributed by atoms with Crippen molar-refractivity contribution in [3.05, 3.63) is 29.1 Å². The van der Waals surface area contributed by atoms with Crippen molar-refractivity contribution in [2.45, 2.75) is 62.9 Å². The van der Waals surface area contributed by atoms with Gasteiger partial charge in [0.15, 0.2) is 15.6 Å². The van der Waals surface area contributed by atoms with Crippen molar-refractivity contribution >= 4 is 15.6 Å². The van der Waals surface area contributed by atoms with Gasteiger partial charge in [0.25, 0.3) is 0 Å². The predicted molar refractivity (Wildman–Crippen MR) is 115 cm³/mol. The number of methoxy groups -OCH3 is 1. The topological polar surface area (TPSA) is 69.7 Å². The van der Waals surface area contributed by atoms with Crippen LogP contribution in [0, 0.1) is 23.1 Å². The van der Waals surface area contributed by atoms with Gasteiger partial charge in [-0.25, -0.2) is 12.8 Å². The van der Waals surface area contributed by atoms with Crippen LogP contribution in [0.1, 0.15) is 73.2 Å². The molecule has 5 aliphatic rings. The maximum absolute atomic E-state index is 14.8. The Morgan fingerprint density at radius 1 is 1.16 bits per heavy atom. The zero-order chi connectivity index (χ0) is 22.0. The summed E-state index contributed by atoms with van der Waals surface area (Å²) >= 11 is 0. The second-order valence-electron chi connectivity index (χ2n) is 10.8. The fourth-order valence-electron chi connectivity index (χ4n) is 6.94. The Morgan fingerprint density at radius 2 is 1.84 bits per heavy atom. The van der Waals surface area contributed by atoms with E-state index in [2.05, 4.69) is 0 Å². The third kappa shape index (κ3) is 4.15. The molecule has 5 fully saturated rings. The van der Waals surface area contributed by atoms with E-state index in [1.807, 2.05) is 7.11 Å². The van der Waals surface area contributed by atoms with E-state index in [4.69, 9.17) is 9.47 Å². The van der Waals surface area contributed by atoms with E-state index in [0.717, 1.165) is 56.8 Å². The Balaban J connectivity index is 1.39. The first-order valence-electron chi connectivity index (χ1n) is 11.3. The van der Waals surface area contributed by atoms with Crippen LogP contribution in [0.15, 0.2) is 12.1 Å². The number of Topliss-reactive ketones (excluding diaryl/α,β-unsaturated/α-hetero) is 1. The Kier molecular flexibility index (Phi) is 5.02. The van der Waals surface area contributed by atoms with Crippen LogP contribution in [0.4, 0.5) is 4.39 Å². The SMILES string of the molecule is COC12CC3CC(CC(COc4cc(F)c(C(=O)CS(C)(=O)=O)cc4C4CC4)(C3)C1)C2. The van der Waals surface area contributed by atoms with E-state index in [0.29, 0.717) is 24.2 Å². The molecule has 2 unspecified atom stereocenters. The maximum Gasteiger partial charge on any atom is 0.180 e. The summed E-state index contributed by atoms with van der Waals surface area (Å²) in [5, 5.41) is 0. The van der Waals surface area contributed by atoms with Gasteiger partial charge in [0.1, 0.15) is 17.3 Å². The van der Waals surface area contributed by atoms with Gasteiger partial charge < -0.3 is 9.47 Å². The third-order valence-electron chi connectivity index (χ3n) is 7.91. The fraction of sp³-hybridized carbons (Fsp3) is 0.708. The molecule has 0 aliphatic heterocycles. The molecular formula is C24H31FO5S. The Bertz CT molecular complexity index is 999. The summed E-state index contributed by atoms with van der Waals surface area (Å²) in [6.45, 7) is 0.543. The average molecular weight is 451 g/mol. The molecule has 0 radical (unpaired) electrons. The van der Waals surface area contributed by atoms with Crippen molar-refractivity contribution in [3.63, 3.8) is 0 Å². The predicted octanol–water partition coefficient (Wildman–Crippen LogP) is 4.29. The molecule has 0 aromatic heterocycles. The summed E-state index contributed by atoms with van der Waals surface area (Å²) in [6.07, 6.45) is 9.78. The van der Waals surface area contributed by atoms with E-state index in [1.165, 1.54) is 18.6 Å². The Labute approximate surface area is 183 Å². The lowest BCUT2D eigenvalue weighted by Crippen LogP contribution is -2.58. The lowest BCUT2D eigenvalue weighted by molar-refractivity contribution is -0.187. The normalized spacial score (nSPS) is 34.2. The summed E-state index contributed by atoms with van der Waals surface area (Å²) in [6, 6.07) is 2.84. The van der Waals surface area contributed by atoms with Crippen molar-refractivity contribution in [2.24, 2.45) is 17.3 Å². The lowest BCUT2D eigenvalue weighted by Gasteiger charge is -2.61. The smallest absolute Gasteiger partial charge is 0.180 e. The number of rotatable bonds is 8. The van der Waals surface area contributed by atoms with Crippen molar-refractivity contribution in [1.82, 2.24) is 0 Å². The average Bonchev–Trinajstić information content (AvgIpc) is 3.49.